The monoisotopic (exact) mass is 646 g/mol. The molecule has 0 amide bonds. The van der Waals surface area contributed by atoms with Crippen LogP contribution in [0.15, 0.2) is 162 Å². The molecule has 2 atom stereocenters. The molecular formula is C46H39BN2O. The van der Waals surface area contributed by atoms with Gasteiger partial charge in [-0.25, -0.2) is 0 Å². The van der Waals surface area contributed by atoms with Gasteiger partial charge in [-0.1, -0.05) is 116 Å². The Labute approximate surface area is 294 Å². The summed E-state index contributed by atoms with van der Waals surface area (Å²) in [6.45, 7) is 2.21. The van der Waals surface area contributed by atoms with Crippen molar-refractivity contribution in [2.45, 2.75) is 38.0 Å². The van der Waals surface area contributed by atoms with Gasteiger partial charge in [-0.05, 0) is 85.0 Å². The number of fused-ring (bicyclic) bond motifs is 8. The van der Waals surface area contributed by atoms with Gasteiger partial charge in [0.1, 0.15) is 19.0 Å². The van der Waals surface area contributed by atoms with Crippen molar-refractivity contribution in [3.8, 4) is 0 Å². The van der Waals surface area contributed by atoms with E-state index in [4.69, 9.17) is 4.42 Å². The maximum Gasteiger partial charge on any atom is 0.135 e. The number of hydrogen-bond donors (Lipinski definition) is 0. The molecule has 0 bridgehead atoms. The largest absolute Gasteiger partial charge is 0.456 e. The van der Waals surface area contributed by atoms with Gasteiger partial charge in [0.2, 0.25) is 0 Å². The Morgan fingerprint density at radius 1 is 0.820 bits per heavy atom. The third-order valence-corrected chi connectivity index (χ3v) is 10.5. The Kier molecular flexibility index (Phi) is 7.65. The zero-order chi connectivity index (χ0) is 33.6. The molecule has 0 radical (unpaired) electrons. The third kappa shape index (κ3) is 5.15. The summed E-state index contributed by atoms with van der Waals surface area (Å²) in [5, 5.41) is 5.04. The SMILES string of the molecule is BC/C=C\C=C(/C)N(c1ccc(C2C=Cc3ccc4oc5ccccc5c4c3C2)cc1)c1ccc2c3ccccc3n(C3C=CC=CC3)c2c1. The highest BCUT2D eigenvalue weighted by Gasteiger charge is 2.23. The minimum Gasteiger partial charge on any atom is -0.456 e. The van der Waals surface area contributed by atoms with Gasteiger partial charge in [-0.2, -0.15) is 0 Å². The molecule has 50 heavy (non-hydrogen) atoms. The van der Waals surface area contributed by atoms with Crippen LogP contribution in [0.2, 0.25) is 6.32 Å². The number of allylic oxidation sites excluding steroid dienone is 9. The zero-order valence-electron chi connectivity index (χ0n) is 28.6. The molecule has 0 spiro atoms. The topological polar surface area (TPSA) is 21.3 Å². The highest BCUT2D eigenvalue weighted by atomic mass is 16.3. The Morgan fingerprint density at radius 3 is 2.46 bits per heavy atom. The van der Waals surface area contributed by atoms with Gasteiger partial charge in [0, 0.05) is 50.1 Å². The van der Waals surface area contributed by atoms with Crippen LogP contribution in [-0.4, -0.2) is 12.4 Å². The van der Waals surface area contributed by atoms with Crippen LogP contribution in [0.1, 0.15) is 42.0 Å². The molecule has 0 aliphatic heterocycles. The number of aromatic nitrogens is 1. The summed E-state index contributed by atoms with van der Waals surface area (Å²) in [5.74, 6) is 0.290. The zero-order valence-corrected chi connectivity index (χ0v) is 28.6. The van der Waals surface area contributed by atoms with E-state index in [-0.39, 0.29) is 12.0 Å². The van der Waals surface area contributed by atoms with Crippen molar-refractivity contribution in [1.29, 1.82) is 0 Å². The van der Waals surface area contributed by atoms with Gasteiger partial charge in [0.25, 0.3) is 0 Å². The van der Waals surface area contributed by atoms with Gasteiger partial charge < -0.3 is 13.9 Å². The summed E-state index contributed by atoms with van der Waals surface area (Å²) in [5.41, 5.74) is 11.9. The van der Waals surface area contributed by atoms with Crippen LogP contribution in [-0.2, 0) is 6.42 Å². The second-order valence-corrected chi connectivity index (χ2v) is 13.6. The van der Waals surface area contributed by atoms with Crippen molar-refractivity contribution in [3.05, 3.63) is 174 Å². The van der Waals surface area contributed by atoms with Crippen molar-refractivity contribution < 1.29 is 4.42 Å². The Balaban J connectivity index is 1.11. The number of anilines is 2. The lowest BCUT2D eigenvalue weighted by Crippen LogP contribution is -2.15. The van der Waals surface area contributed by atoms with Crippen molar-refractivity contribution in [1.82, 2.24) is 4.57 Å². The molecule has 2 aromatic heterocycles. The molecule has 0 N–H and O–H groups in total. The quantitative estimate of drug-likeness (QED) is 0.127. The van der Waals surface area contributed by atoms with Crippen LogP contribution in [0.4, 0.5) is 11.4 Å². The number of hydrogen-bond acceptors (Lipinski definition) is 2. The van der Waals surface area contributed by atoms with Gasteiger partial charge >= 0.3 is 0 Å². The van der Waals surface area contributed by atoms with E-state index in [1.54, 1.807) is 0 Å². The fourth-order valence-corrected chi connectivity index (χ4v) is 8.10. The summed E-state index contributed by atoms with van der Waals surface area (Å²) in [6, 6.07) is 38.0. The average Bonchev–Trinajstić information content (AvgIpc) is 3.71. The summed E-state index contributed by atoms with van der Waals surface area (Å²) in [6.07, 6.45) is 23.2. The molecule has 3 nitrogen and oxygen atoms in total. The molecule has 0 saturated carbocycles. The lowest BCUT2D eigenvalue weighted by atomic mass is 9.83. The van der Waals surface area contributed by atoms with E-state index < -0.39 is 0 Å². The van der Waals surface area contributed by atoms with E-state index in [9.17, 15) is 0 Å². The maximum atomic E-state index is 6.24. The lowest BCUT2D eigenvalue weighted by molar-refractivity contribution is 0.648. The Bertz CT molecular complexity index is 2560. The summed E-state index contributed by atoms with van der Waals surface area (Å²) in [7, 11) is 2.18. The van der Waals surface area contributed by atoms with E-state index in [2.05, 4.69) is 176 Å². The van der Waals surface area contributed by atoms with Crippen LogP contribution in [0.3, 0.4) is 0 Å². The molecule has 4 heteroatoms. The van der Waals surface area contributed by atoms with Gasteiger partial charge in [-0.15, -0.1) is 0 Å². The van der Waals surface area contributed by atoms with Crippen molar-refractivity contribution in [2.75, 3.05) is 4.90 Å². The molecule has 2 unspecified atom stereocenters. The summed E-state index contributed by atoms with van der Waals surface area (Å²) in [4.78, 5) is 2.40. The first-order chi connectivity index (χ1) is 24.7. The molecular weight excluding hydrogens is 607 g/mol. The Morgan fingerprint density at radius 2 is 1.62 bits per heavy atom. The fraction of sp³-hybridized carbons (Fsp3) is 0.130. The van der Waals surface area contributed by atoms with E-state index in [1.165, 1.54) is 55.0 Å². The van der Waals surface area contributed by atoms with E-state index in [1.807, 2.05) is 6.07 Å². The van der Waals surface area contributed by atoms with Crippen molar-refractivity contribution in [2.24, 2.45) is 0 Å². The second-order valence-electron chi connectivity index (χ2n) is 13.6. The predicted octanol–water partition coefficient (Wildman–Crippen LogP) is 11.8. The van der Waals surface area contributed by atoms with E-state index >= 15 is 0 Å². The smallest absolute Gasteiger partial charge is 0.135 e. The number of nitrogens with zero attached hydrogens (tertiary/aromatic N) is 2. The van der Waals surface area contributed by atoms with E-state index in [0.717, 1.165) is 41.7 Å². The molecule has 9 rings (SSSR count). The molecule has 2 aliphatic carbocycles. The molecule has 0 saturated heterocycles. The molecule has 2 aliphatic rings. The normalized spacial score (nSPS) is 17.5. The first kappa shape index (κ1) is 30.3. The maximum absolute atomic E-state index is 6.24. The summed E-state index contributed by atoms with van der Waals surface area (Å²) >= 11 is 0. The van der Waals surface area contributed by atoms with Gasteiger partial charge in [-0.3, -0.25) is 0 Å². The molecule has 5 aromatic carbocycles. The number of para-hydroxylation sites is 2. The van der Waals surface area contributed by atoms with Gasteiger partial charge in [0.15, 0.2) is 0 Å². The summed E-state index contributed by atoms with van der Waals surface area (Å²) < 4.78 is 8.77. The number of benzene rings is 5. The molecule has 7 aromatic rings. The second kappa shape index (κ2) is 12.6. The Hall–Kier alpha value is -5.74. The van der Waals surface area contributed by atoms with Crippen LogP contribution in [0.25, 0.3) is 49.8 Å². The minimum absolute atomic E-state index is 0.282. The van der Waals surface area contributed by atoms with Gasteiger partial charge in [0.05, 0.1) is 11.6 Å². The van der Waals surface area contributed by atoms with Crippen molar-refractivity contribution >= 4 is 69.0 Å². The average molecular weight is 647 g/mol. The first-order valence-corrected chi connectivity index (χ1v) is 17.9. The number of furan rings is 1. The van der Waals surface area contributed by atoms with Crippen LogP contribution >= 0.6 is 0 Å². The highest BCUT2D eigenvalue weighted by molar-refractivity contribution is 6.10. The molecule has 0 fully saturated rings. The predicted molar refractivity (Wildman–Crippen MR) is 215 cm³/mol. The number of rotatable bonds is 7. The fourth-order valence-electron chi connectivity index (χ4n) is 8.10. The van der Waals surface area contributed by atoms with Crippen LogP contribution < -0.4 is 4.90 Å². The molecule has 2 heterocycles. The molecule has 242 valence electrons. The van der Waals surface area contributed by atoms with Crippen LogP contribution in [0.5, 0.6) is 0 Å². The van der Waals surface area contributed by atoms with Crippen molar-refractivity contribution in [3.63, 3.8) is 0 Å². The third-order valence-electron chi connectivity index (χ3n) is 10.5. The standard InChI is InChI=1S/C46H39BN2O/c1-31(11-9-10-28-47)48(37-25-26-39-38-14-5-7-16-42(38)49(43(39)30-37)35-12-3-2-4-13-35)36-23-20-32(21-24-36)34-19-18-33-22-27-45-46(41(33)29-34)40-15-6-8-17-44(40)50-45/h2-12,14-27,30,34-35H,13,28-29,47H2,1H3/b10-9-,31-11+. The van der Waals surface area contributed by atoms with Crippen LogP contribution in [0, 0.1) is 0 Å². The first-order valence-electron chi connectivity index (χ1n) is 17.9. The highest BCUT2D eigenvalue weighted by Crippen LogP contribution is 2.41. The van der Waals surface area contributed by atoms with E-state index in [0.29, 0.717) is 0 Å². The lowest BCUT2D eigenvalue weighted by Gasteiger charge is -2.27. The minimum atomic E-state index is 0.282.